The van der Waals surface area contributed by atoms with Crippen LogP contribution < -0.4 is 14.8 Å². The molecule has 2 heterocycles. The van der Waals surface area contributed by atoms with E-state index in [2.05, 4.69) is 89.7 Å². The quantitative estimate of drug-likeness (QED) is 0.0246. The van der Waals surface area contributed by atoms with Gasteiger partial charge in [-0.25, -0.2) is 9.65 Å². The molecule has 1 aliphatic rings. The number of methoxy groups -OCH3 is 2. The van der Waals surface area contributed by atoms with E-state index in [-0.39, 0.29) is 53.3 Å². The van der Waals surface area contributed by atoms with E-state index in [9.17, 15) is 10.1 Å². The molecule has 1 amide bonds. The van der Waals surface area contributed by atoms with E-state index < -0.39 is 47.0 Å². The topological polar surface area (TPSA) is 139 Å². The van der Waals surface area contributed by atoms with Gasteiger partial charge in [-0.2, -0.15) is 5.26 Å². The van der Waals surface area contributed by atoms with Crippen LogP contribution in [-0.4, -0.2) is 86.3 Å². The number of carbonyl (C=O) groups excluding carboxylic acids is 1. The van der Waals surface area contributed by atoms with Crippen LogP contribution in [0.5, 0.6) is 11.5 Å². The Morgan fingerprint density at radius 2 is 1.40 bits per heavy atom. The second kappa shape index (κ2) is 23.2. The summed E-state index contributed by atoms with van der Waals surface area (Å²) in [4.78, 5) is 17.9. The van der Waals surface area contributed by atoms with Crippen molar-refractivity contribution in [3.8, 4) is 17.6 Å². The van der Waals surface area contributed by atoms with Crippen molar-refractivity contribution in [1.29, 1.82) is 5.26 Å². The molecule has 1 aliphatic heterocycles. The number of amides is 1. The second-order valence-electron chi connectivity index (χ2n) is 18.7. The lowest BCUT2D eigenvalue weighted by Crippen LogP contribution is -2.50. The number of carbonyl (C=O) groups is 1. The predicted octanol–water partition coefficient (Wildman–Crippen LogP) is 11.8. The average molecular weight is 980 g/mol. The number of ether oxygens (including phenoxy) is 4. The Hall–Kier alpha value is -4.85. The van der Waals surface area contributed by atoms with Crippen LogP contribution >= 0.6 is 20.7 Å². The Bertz CT molecular complexity index is 2450. The normalized spacial score (nSPS) is 18.1. The first-order valence-corrected chi connectivity index (χ1v) is 27.4. The zero-order valence-corrected chi connectivity index (χ0v) is 43.8. The molecule has 16 heteroatoms. The lowest BCUT2D eigenvalue weighted by molar-refractivity contribution is -0.0939. The zero-order valence-electron chi connectivity index (χ0n) is 41.0. The molecule has 6 rings (SSSR count). The summed E-state index contributed by atoms with van der Waals surface area (Å²) in [5.41, 5.74) is 1.88. The number of nitrogens with zero attached hydrogens (tertiary/aromatic N) is 4. The lowest BCUT2D eigenvalue weighted by atomic mass is 9.80. The molecular formula is C52H66N5O8PSSi. The smallest absolute Gasteiger partial charge is 0.259 e. The largest absolute Gasteiger partial charge is 0.497 e. The lowest BCUT2D eigenvalue weighted by Gasteiger charge is -2.42. The summed E-state index contributed by atoms with van der Waals surface area (Å²) in [6, 6.07) is 38.7. The predicted molar refractivity (Wildman–Crippen MR) is 272 cm³/mol. The first kappa shape index (κ1) is 52.5. The van der Waals surface area contributed by atoms with Crippen molar-refractivity contribution < 1.29 is 37.2 Å². The fourth-order valence-corrected chi connectivity index (χ4v) is 11.3. The van der Waals surface area contributed by atoms with E-state index in [0.717, 1.165) is 16.7 Å². The minimum Gasteiger partial charge on any atom is -0.497 e. The fourth-order valence-electron chi connectivity index (χ4n) is 7.97. The maximum absolute atomic E-state index is 13.2. The summed E-state index contributed by atoms with van der Waals surface area (Å²) in [7, 11) is -1.15. The summed E-state index contributed by atoms with van der Waals surface area (Å²) in [6.45, 7) is 19.5. The van der Waals surface area contributed by atoms with E-state index in [0.29, 0.717) is 17.1 Å². The second-order valence-corrected chi connectivity index (χ2v) is 25.2. The van der Waals surface area contributed by atoms with Crippen molar-refractivity contribution in [2.24, 2.45) is 0 Å². The van der Waals surface area contributed by atoms with Crippen molar-refractivity contribution in [3.63, 3.8) is 0 Å². The van der Waals surface area contributed by atoms with E-state index in [1.165, 1.54) is 0 Å². The monoisotopic (exact) mass is 979 g/mol. The van der Waals surface area contributed by atoms with Crippen LogP contribution in [0.4, 0.5) is 5.82 Å². The number of nitriles is 1. The Kier molecular flexibility index (Phi) is 17.9. The molecule has 4 aromatic carbocycles. The van der Waals surface area contributed by atoms with Gasteiger partial charge < -0.3 is 37.7 Å². The Labute approximate surface area is 409 Å². The van der Waals surface area contributed by atoms with Crippen molar-refractivity contribution in [2.75, 3.05) is 32.8 Å². The van der Waals surface area contributed by atoms with Crippen LogP contribution in [0.2, 0.25) is 18.1 Å². The molecule has 5 atom stereocenters. The highest BCUT2D eigenvalue weighted by Crippen LogP contribution is 2.52. The molecule has 0 saturated carbocycles. The number of hydrogen-bond acceptors (Lipinski definition) is 12. The standard InChI is InChI=1S/C52H66N5O8PSSi/c1-36(2)57(37(3)4)66(62-34-18-32-53)64-46-44(35-61-52(39-21-16-13-17-22-39,40-23-27-42(59-8)28-24-40)41-25-29-43(60-9)30-26-41)63-49(47(46)65-68(10,11)51(5,6)7)56-33-31-45(55-50(56)67)54-48(58)38-19-14-12-15-20-38/h12-17,19-31,33,36-37,44,46-47,49H,18,34-35H2,1-11H3,(H,54,55,58,67)/t44-,46-,47-,49-,66?/m1/s1. The molecule has 13 nitrogen and oxygen atoms in total. The van der Waals surface area contributed by atoms with Gasteiger partial charge in [-0.1, -0.05) is 93.6 Å². The maximum atomic E-state index is 13.2. The van der Waals surface area contributed by atoms with Crippen LogP contribution in [0, 0.1) is 16.1 Å². The van der Waals surface area contributed by atoms with Gasteiger partial charge in [-0.3, -0.25) is 9.36 Å². The maximum Gasteiger partial charge on any atom is 0.259 e. The van der Waals surface area contributed by atoms with Crippen molar-refractivity contribution in [1.82, 2.24) is 14.2 Å². The molecule has 1 saturated heterocycles. The van der Waals surface area contributed by atoms with E-state index in [1.807, 2.05) is 72.8 Å². The van der Waals surface area contributed by atoms with Gasteiger partial charge in [0.25, 0.3) is 14.4 Å². The zero-order chi connectivity index (χ0) is 49.2. The summed E-state index contributed by atoms with van der Waals surface area (Å²) < 4.78 is 51.6. The Morgan fingerprint density at radius 1 is 0.853 bits per heavy atom. The first-order chi connectivity index (χ1) is 32.4. The first-order valence-electron chi connectivity index (χ1n) is 23.0. The van der Waals surface area contributed by atoms with E-state index in [4.69, 9.17) is 49.6 Å². The highest BCUT2D eigenvalue weighted by Gasteiger charge is 2.54. The van der Waals surface area contributed by atoms with Gasteiger partial charge >= 0.3 is 0 Å². The van der Waals surface area contributed by atoms with Gasteiger partial charge in [0.15, 0.2) is 14.5 Å². The van der Waals surface area contributed by atoms with Crippen LogP contribution in [0.25, 0.3) is 0 Å². The van der Waals surface area contributed by atoms with E-state index >= 15 is 0 Å². The highest BCUT2D eigenvalue weighted by atomic mass is 32.1. The molecule has 0 spiro atoms. The highest BCUT2D eigenvalue weighted by molar-refractivity contribution is 7.71. The third-order valence-corrected chi connectivity index (χ3v) is 19.3. The van der Waals surface area contributed by atoms with E-state index in [1.54, 1.807) is 55.3 Å². The third-order valence-electron chi connectivity index (χ3n) is 12.4. The molecule has 5 aromatic rings. The number of benzene rings is 4. The molecule has 1 unspecified atom stereocenters. The van der Waals surface area contributed by atoms with Crippen molar-refractivity contribution >= 4 is 40.8 Å². The van der Waals surface area contributed by atoms with Gasteiger partial charge in [0.05, 0.1) is 39.9 Å². The number of anilines is 1. The SMILES string of the molecule is COc1ccc(C(OC[C@H]2O[C@@H](n3ccc(NC(=O)c4ccccc4)nc3=S)[C@H](O[Si](C)(C)C(C)(C)C)[C@@H]2OP(OCCC#N)N(C(C)C)C(C)C)(c2ccccc2)c2ccc(OC)cc2)cc1. The van der Waals surface area contributed by atoms with Crippen molar-refractivity contribution in [3.05, 3.63) is 148 Å². The molecule has 0 radical (unpaired) electrons. The molecular weight excluding hydrogens is 914 g/mol. The van der Waals surface area contributed by atoms with Crippen LogP contribution in [0.15, 0.2) is 121 Å². The Balaban J connectivity index is 1.53. The molecule has 0 bridgehead atoms. The number of hydrogen-bond donors (Lipinski definition) is 1. The fraction of sp³-hybridized carbons (Fsp3) is 0.423. The third kappa shape index (κ3) is 12.1. The minimum atomic E-state index is -2.63. The minimum absolute atomic E-state index is 0.00216. The summed E-state index contributed by atoms with van der Waals surface area (Å²) in [6.07, 6.45) is -1.27. The van der Waals surface area contributed by atoms with Crippen LogP contribution in [-0.2, 0) is 28.5 Å². The Morgan fingerprint density at radius 3 is 1.90 bits per heavy atom. The van der Waals surface area contributed by atoms with Crippen molar-refractivity contribution in [2.45, 2.75) is 115 Å². The van der Waals surface area contributed by atoms with Gasteiger partial charge in [-0.05, 0) is 117 Å². The molecule has 0 aliphatic carbocycles. The molecule has 68 heavy (non-hydrogen) atoms. The summed E-state index contributed by atoms with van der Waals surface area (Å²) in [5.74, 6) is 1.38. The van der Waals surface area contributed by atoms with Gasteiger partial charge in [0, 0.05) is 23.8 Å². The number of rotatable bonds is 21. The molecule has 1 fully saturated rings. The van der Waals surface area contributed by atoms with Crippen LogP contribution in [0.1, 0.15) is 88.2 Å². The van der Waals surface area contributed by atoms with Gasteiger partial charge in [0.2, 0.25) is 4.77 Å². The summed E-state index contributed by atoms with van der Waals surface area (Å²) in [5, 5.41) is 12.3. The molecule has 362 valence electrons. The number of nitrogens with one attached hydrogen (secondary N) is 1. The average Bonchev–Trinajstić information content (AvgIpc) is 3.64. The van der Waals surface area contributed by atoms with Gasteiger partial charge in [0.1, 0.15) is 41.2 Å². The van der Waals surface area contributed by atoms with Crippen LogP contribution in [0.3, 0.4) is 0 Å². The number of aromatic nitrogens is 2. The van der Waals surface area contributed by atoms with Gasteiger partial charge in [-0.15, -0.1) is 0 Å². The summed E-state index contributed by atoms with van der Waals surface area (Å²) >= 11 is 6.04. The molecule has 1 N–H and O–H groups in total. The molecule has 1 aromatic heterocycles.